The number of nitrogen functional groups attached to an aromatic ring is 1. The maximum Gasteiger partial charge on any atom is 0.270 e. The number of aromatic nitrogens is 2. The van der Waals surface area contributed by atoms with E-state index in [-0.39, 0.29) is 11.5 Å². The fourth-order valence-corrected chi connectivity index (χ4v) is 1.89. The number of nitrogens with two attached hydrogens (primary N) is 1. The predicted octanol–water partition coefficient (Wildman–Crippen LogP) is 2.89. The van der Waals surface area contributed by atoms with Crippen LogP contribution in [0.5, 0.6) is 0 Å². The van der Waals surface area contributed by atoms with Gasteiger partial charge < -0.3 is 10.3 Å². The van der Waals surface area contributed by atoms with Gasteiger partial charge in [-0.25, -0.2) is 0 Å². The molecule has 2 N–H and O–H groups in total. The van der Waals surface area contributed by atoms with Gasteiger partial charge in [-0.1, -0.05) is 23.4 Å². The molecule has 0 aliphatic heterocycles. The summed E-state index contributed by atoms with van der Waals surface area (Å²) in [6.45, 7) is 0. The molecule has 2 aromatic carbocycles. The van der Waals surface area contributed by atoms with Gasteiger partial charge in [0.05, 0.1) is 4.92 Å². The van der Waals surface area contributed by atoms with E-state index in [0.29, 0.717) is 22.7 Å². The fourth-order valence-electron chi connectivity index (χ4n) is 1.89. The van der Waals surface area contributed by atoms with Gasteiger partial charge in [0, 0.05) is 28.9 Å². The zero-order valence-corrected chi connectivity index (χ0v) is 10.8. The van der Waals surface area contributed by atoms with Gasteiger partial charge >= 0.3 is 0 Å². The van der Waals surface area contributed by atoms with Crippen molar-refractivity contribution >= 4 is 11.4 Å². The number of nitro benzene ring substituents is 1. The molecule has 21 heavy (non-hydrogen) atoms. The molecule has 0 aliphatic carbocycles. The highest BCUT2D eigenvalue weighted by atomic mass is 16.6. The van der Waals surface area contributed by atoms with E-state index in [4.69, 9.17) is 10.3 Å². The molecule has 7 heteroatoms. The van der Waals surface area contributed by atoms with Crippen LogP contribution in [0.15, 0.2) is 53.1 Å². The number of rotatable bonds is 3. The summed E-state index contributed by atoms with van der Waals surface area (Å²) in [5, 5.41) is 14.6. The Kier molecular flexibility index (Phi) is 3.07. The van der Waals surface area contributed by atoms with Crippen molar-refractivity contribution in [2.24, 2.45) is 0 Å². The summed E-state index contributed by atoms with van der Waals surface area (Å²) < 4.78 is 5.17. The molecule has 104 valence electrons. The third kappa shape index (κ3) is 2.57. The second-order valence-electron chi connectivity index (χ2n) is 4.36. The van der Waals surface area contributed by atoms with Crippen LogP contribution in [0.3, 0.4) is 0 Å². The van der Waals surface area contributed by atoms with Crippen molar-refractivity contribution < 1.29 is 9.45 Å². The fraction of sp³-hybridized carbons (Fsp3) is 0. The van der Waals surface area contributed by atoms with Crippen LogP contribution in [-0.4, -0.2) is 15.1 Å². The molecule has 0 spiro atoms. The number of non-ortho nitro benzene ring substituents is 1. The lowest BCUT2D eigenvalue weighted by molar-refractivity contribution is -0.384. The number of hydrogen-bond acceptors (Lipinski definition) is 6. The highest BCUT2D eigenvalue weighted by molar-refractivity contribution is 5.64. The van der Waals surface area contributed by atoms with E-state index in [1.807, 2.05) is 0 Å². The van der Waals surface area contributed by atoms with Crippen LogP contribution < -0.4 is 5.73 Å². The van der Waals surface area contributed by atoms with Crippen molar-refractivity contribution in [2.75, 3.05) is 5.73 Å². The van der Waals surface area contributed by atoms with Gasteiger partial charge in [-0.3, -0.25) is 10.1 Å². The van der Waals surface area contributed by atoms with E-state index in [0.717, 1.165) is 0 Å². The van der Waals surface area contributed by atoms with Gasteiger partial charge in [-0.15, -0.1) is 0 Å². The monoisotopic (exact) mass is 282 g/mol. The van der Waals surface area contributed by atoms with E-state index in [1.165, 1.54) is 12.1 Å². The number of anilines is 1. The lowest BCUT2D eigenvalue weighted by Gasteiger charge is -1.95. The van der Waals surface area contributed by atoms with Crippen molar-refractivity contribution in [1.82, 2.24) is 10.1 Å². The van der Waals surface area contributed by atoms with Crippen LogP contribution in [0.25, 0.3) is 22.8 Å². The first-order valence-corrected chi connectivity index (χ1v) is 6.08. The Hall–Kier alpha value is -3.22. The zero-order chi connectivity index (χ0) is 14.8. The predicted molar refractivity (Wildman–Crippen MR) is 76.2 cm³/mol. The maximum atomic E-state index is 10.8. The lowest BCUT2D eigenvalue weighted by Crippen LogP contribution is -1.89. The molecular weight excluding hydrogens is 272 g/mol. The summed E-state index contributed by atoms with van der Waals surface area (Å²) in [7, 11) is 0. The Bertz CT molecular complexity index is 813. The summed E-state index contributed by atoms with van der Waals surface area (Å²) in [4.78, 5) is 14.5. The summed E-state index contributed by atoms with van der Waals surface area (Å²) in [5.74, 6) is 0.597. The first-order valence-electron chi connectivity index (χ1n) is 6.08. The minimum absolute atomic E-state index is 0.0252. The minimum atomic E-state index is -0.470. The molecule has 0 unspecified atom stereocenters. The number of nitro groups is 1. The third-order valence-electron chi connectivity index (χ3n) is 2.87. The molecule has 1 aromatic heterocycles. The largest absolute Gasteiger partial charge is 0.399 e. The highest BCUT2D eigenvalue weighted by Crippen LogP contribution is 2.25. The highest BCUT2D eigenvalue weighted by Gasteiger charge is 2.13. The van der Waals surface area contributed by atoms with Gasteiger partial charge in [0.1, 0.15) is 0 Å². The molecule has 0 saturated heterocycles. The van der Waals surface area contributed by atoms with Crippen LogP contribution in [0, 0.1) is 10.1 Å². The topological polar surface area (TPSA) is 108 Å². The van der Waals surface area contributed by atoms with Gasteiger partial charge in [0.2, 0.25) is 5.82 Å². The molecular formula is C14H10N4O3. The average Bonchev–Trinajstić information content (AvgIpc) is 2.97. The van der Waals surface area contributed by atoms with E-state index in [1.54, 1.807) is 36.4 Å². The van der Waals surface area contributed by atoms with E-state index in [2.05, 4.69) is 10.1 Å². The molecule has 0 bridgehead atoms. The SMILES string of the molecule is Nc1cccc(-c2nc(-c3cccc([N+](=O)[O-])c3)no2)c1. The molecule has 1 heterocycles. The van der Waals surface area contributed by atoms with Crippen molar-refractivity contribution in [2.45, 2.75) is 0 Å². The van der Waals surface area contributed by atoms with Crippen LogP contribution >= 0.6 is 0 Å². The van der Waals surface area contributed by atoms with E-state index >= 15 is 0 Å². The van der Waals surface area contributed by atoms with E-state index < -0.39 is 4.92 Å². The Morgan fingerprint density at radius 3 is 2.62 bits per heavy atom. The molecule has 3 rings (SSSR count). The molecule has 0 aliphatic rings. The second-order valence-corrected chi connectivity index (χ2v) is 4.36. The van der Waals surface area contributed by atoms with Gasteiger partial charge in [0.25, 0.3) is 11.6 Å². The first kappa shape index (κ1) is 12.8. The van der Waals surface area contributed by atoms with Crippen molar-refractivity contribution in [1.29, 1.82) is 0 Å². The Labute approximate surface area is 119 Å². The summed E-state index contributed by atoms with van der Waals surface area (Å²) in [6, 6.07) is 13.1. The third-order valence-corrected chi connectivity index (χ3v) is 2.87. The summed E-state index contributed by atoms with van der Waals surface area (Å²) >= 11 is 0. The summed E-state index contributed by atoms with van der Waals surface area (Å²) in [5.41, 5.74) is 7.47. The van der Waals surface area contributed by atoms with Gasteiger partial charge in [0.15, 0.2) is 0 Å². The smallest absolute Gasteiger partial charge is 0.270 e. The van der Waals surface area contributed by atoms with Gasteiger partial charge in [-0.05, 0) is 18.2 Å². The first-order chi connectivity index (χ1) is 10.1. The van der Waals surface area contributed by atoms with Crippen LogP contribution in [0.4, 0.5) is 11.4 Å². The Morgan fingerprint density at radius 2 is 1.86 bits per heavy atom. The number of hydrogen-bond donors (Lipinski definition) is 1. The molecule has 0 fully saturated rings. The maximum absolute atomic E-state index is 10.8. The molecule has 0 saturated carbocycles. The Morgan fingerprint density at radius 1 is 1.10 bits per heavy atom. The molecule has 7 nitrogen and oxygen atoms in total. The molecule has 0 radical (unpaired) electrons. The van der Waals surface area contributed by atoms with Crippen LogP contribution in [0.1, 0.15) is 0 Å². The van der Waals surface area contributed by atoms with Crippen molar-refractivity contribution in [3.63, 3.8) is 0 Å². The van der Waals surface area contributed by atoms with Crippen LogP contribution in [-0.2, 0) is 0 Å². The molecule has 0 atom stereocenters. The van der Waals surface area contributed by atoms with E-state index in [9.17, 15) is 10.1 Å². The zero-order valence-electron chi connectivity index (χ0n) is 10.8. The normalized spacial score (nSPS) is 10.5. The van der Waals surface area contributed by atoms with Gasteiger partial charge in [-0.2, -0.15) is 4.98 Å². The summed E-state index contributed by atoms with van der Waals surface area (Å²) in [6.07, 6.45) is 0. The molecule has 0 amide bonds. The average molecular weight is 282 g/mol. The van der Waals surface area contributed by atoms with Crippen LogP contribution in [0.2, 0.25) is 0 Å². The number of benzene rings is 2. The molecule has 3 aromatic rings. The van der Waals surface area contributed by atoms with Crippen molar-refractivity contribution in [3.8, 4) is 22.8 Å². The Balaban J connectivity index is 1.98. The second kappa shape index (κ2) is 5.04. The lowest BCUT2D eigenvalue weighted by atomic mass is 10.2. The number of nitrogens with zero attached hydrogens (tertiary/aromatic N) is 3. The standard InChI is InChI=1S/C14H10N4O3/c15-11-5-1-4-10(7-11)14-16-13(17-21-14)9-3-2-6-12(8-9)18(19)20/h1-8H,15H2. The van der Waals surface area contributed by atoms with Crippen molar-refractivity contribution in [3.05, 3.63) is 58.6 Å². The minimum Gasteiger partial charge on any atom is -0.399 e. The quantitative estimate of drug-likeness (QED) is 0.449.